The Morgan fingerprint density at radius 3 is 2.07 bits per heavy atom. The number of benzene rings is 2. The van der Waals surface area contributed by atoms with Crippen molar-refractivity contribution in [1.29, 1.82) is 0 Å². The van der Waals surface area contributed by atoms with Gasteiger partial charge in [0, 0.05) is 60.1 Å². The molecule has 1 saturated carbocycles. The van der Waals surface area contributed by atoms with E-state index < -0.39 is 18.2 Å². The van der Waals surface area contributed by atoms with Crippen LogP contribution in [0.4, 0.5) is 18.0 Å². The molecule has 5 rings (SSSR count). The largest absolute Gasteiger partial charge is 0.520 e. The Hall–Kier alpha value is -2.63. The number of carbonyl (C=O) groups excluding carboxylic acids is 3. The minimum atomic E-state index is -4.23. The highest BCUT2D eigenvalue weighted by molar-refractivity contribution is 7.75. The van der Waals surface area contributed by atoms with Crippen LogP contribution in [0.15, 0.2) is 36.4 Å². The first-order valence-corrected chi connectivity index (χ1v) is 15.8. The number of hydrogen-bond acceptors (Lipinski definition) is 6. The van der Waals surface area contributed by atoms with Crippen LogP contribution < -0.4 is 0 Å². The molecule has 2 saturated heterocycles. The SMILES string of the molecule is O=C(OS)OC1CCC(N2CC[C@@H](Cc3c(Cl)cc(-c4ccc(C(=O)N5CCC(C(F)(F)F)CC5)cc4)cc3Cl)C2=O)CC1. The van der Waals surface area contributed by atoms with Crippen LogP contribution in [-0.4, -0.2) is 65.7 Å². The summed E-state index contributed by atoms with van der Waals surface area (Å²) >= 11 is 16.8. The number of ether oxygens (including phenoxy) is 1. The molecule has 1 aliphatic carbocycles. The Labute approximate surface area is 269 Å². The lowest BCUT2D eigenvalue weighted by Crippen LogP contribution is -2.42. The van der Waals surface area contributed by atoms with E-state index in [1.807, 2.05) is 4.90 Å². The molecule has 2 aromatic rings. The molecule has 2 amide bonds. The Balaban J connectivity index is 1.18. The average molecular weight is 674 g/mol. The van der Waals surface area contributed by atoms with Crippen molar-refractivity contribution in [3.8, 4) is 11.1 Å². The zero-order valence-electron chi connectivity index (χ0n) is 23.8. The number of alkyl halides is 3. The van der Waals surface area contributed by atoms with Crippen molar-refractivity contribution in [3.63, 3.8) is 0 Å². The molecule has 2 heterocycles. The molecule has 3 aliphatic rings. The van der Waals surface area contributed by atoms with E-state index in [0.717, 1.165) is 24.0 Å². The summed E-state index contributed by atoms with van der Waals surface area (Å²) in [5.41, 5.74) is 2.62. The molecular formula is C31H33Cl2F3N2O5S. The molecule has 13 heteroatoms. The molecule has 1 atom stereocenters. The van der Waals surface area contributed by atoms with Crippen LogP contribution in [0.1, 0.15) is 60.9 Å². The van der Waals surface area contributed by atoms with Crippen molar-refractivity contribution in [2.24, 2.45) is 11.8 Å². The van der Waals surface area contributed by atoms with Crippen molar-refractivity contribution in [3.05, 3.63) is 57.6 Å². The standard InChI is InChI=1S/C31H33Cl2F3N2O5S/c32-26-16-21(18-1-3-19(4-2-18)28(39)37-12-10-22(11-13-37)31(34,35)36)17-27(33)25(26)15-20-9-14-38(29(20)40)23-5-7-24(8-6-23)42-30(41)43-44/h1-4,16-17,20,22-24,44H,5-15H2/t20-,23?,24?/m0/s1. The second-order valence-electron chi connectivity index (χ2n) is 11.7. The minimum absolute atomic E-state index is 0.0724. The Kier molecular flexibility index (Phi) is 10.3. The molecule has 2 aliphatic heterocycles. The van der Waals surface area contributed by atoms with Gasteiger partial charge in [0.05, 0.1) is 5.92 Å². The summed E-state index contributed by atoms with van der Waals surface area (Å²) in [6.45, 7) is 0.796. The first kappa shape index (κ1) is 32.8. The van der Waals surface area contributed by atoms with E-state index in [1.165, 1.54) is 4.90 Å². The molecule has 44 heavy (non-hydrogen) atoms. The van der Waals surface area contributed by atoms with Crippen molar-refractivity contribution in [1.82, 2.24) is 9.80 Å². The van der Waals surface area contributed by atoms with Crippen molar-refractivity contribution in [2.45, 2.75) is 69.7 Å². The number of halogens is 5. The maximum Gasteiger partial charge on any atom is 0.520 e. The first-order valence-electron chi connectivity index (χ1n) is 14.7. The number of carbonyl (C=O) groups is 3. The van der Waals surface area contributed by atoms with Gasteiger partial charge < -0.3 is 18.7 Å². The normalized spacial score (nSPS) is 23.1. The minimum Gasteiger partial charge on any atom is -0.430 e. The van der Waals surface area contributed by atoms with Gasteiger partial charge in [-0.25, -0.2) is 4.79 Å². The lowest BCUT2D eigenvalue weighted by molar-refractivity contribution is -0.183. The van der Waals surface area contributed by atoms with Gasteiger partial charge in [-0.05, 0) is 92.3 Å². The lowest BCUT2D eigenvalue weighted by atomic mass is 9.91. The molecule has 7 nitrogen and oxygen atoms in total. The lowest BCUT2D eigenvalue weighted by Gasteiger charge is -2.34. The van der Waals surface area contributed by atoms with Gasteiger partial charge in [0.1, 0.15) is 6.10 Å². The quantitative estimate of drug-likeness (QED) is 0.193. The van der Waals surface area contributed by atoms with Gasteiger partial charge in [0.15, 0.2) is 0 Å². The monoisotopic (exact) mass is 672 g/mol. The summed E-state index contributed by atoms with van der Waals surface area (Å²) in [6.07, 6.45) is -1.59. The van der Waals surface area contributed by atoms with E-state index in [-0.39, 0.29) is 55.8 Å². The number of hydrogen-bond donors (Lipinski definition) is 1. The summed E-state index contributed by atoms with van der Waals surface area (Å²) in [7, 11) is 0. The van der Waals surface area contributed by atoms with E-state index in [9.17, 15) is 27.6 Å². The second kappa shape index (κ2) is 13.8. The van der Waals surface area contributed by atoms with Gasteiger partial charge in [-0.3, -0.25) is 9.59 Å². The molecule has 0 N–H and O–H groups in total. The average Bonchev–Trinajstić information content (AvgIpc) is 3.38. The third-order valence-corrected chi connectivity index (χ3v) is 9.90. The summed E-state index contributed by atoms with van der Waals surface area (Å²) in [5.74, 6) is -1.83. The number of thiol groups is 1. The van der Waals surface area contributed by atoms with Crippen LogP contribution in [0.2, 0.25) is 10.0 Å². The third kappa shape index (κ3) is 7.42. The van der Waals surface area contributed by atoms with Gasteiger partial charge in [0.25, 0.3) is 5.91 Å². The third-order valence-electron chi connectivity index (χ3n) is 9.07. The fourth-order valence-electron chi connectivity index (χ4n) is 6.56. The van der Waals surface area contributed by atoms with E-state index >= 15 is 0 Å². The van der Waals surface area contributed by atoms with Gasteiger partial charge in [-0.15, -0.1) is 0 Å². The summed E-state index contributed by atoms with van der Waals surface area (Å²) < 4.78 is 48.4. The predicted molar refractivity (Wildman–Crippen MR) is 163 cm³/mol. The molecule has 0 radical (unpaired) electrons. The van der Waals surface area contributed by atoms with Gasteiger partial charge in [0.2, 0.25) is 5.91 Å². The van der Waals surface area contributed by atoms with Crippen LogP contribution in [0, 0.1) is 11.8 Å². The zero-order chi connectivity index (χ0) is 31.6. The maximum atomic E-state index is 13.3. The number of rotatable bonds is 6. The van der Waals surface area contributed by atoms with Crippen LogP contribution in [-0.2, 0) is 20.1 Å². The first-order chi connectivity index (χ1) is 20.9. The highest BCUT2D eigenvalue weighted by Crippen LogP contribution is 2.38. The Morgan fingerprint density at radius 1 is 0.886 bits per heavy atom. The topological polar surface area (TPSA) is 76.2 Å². The van der Waals surface area contributed by atoms with Gasteiger partial charge in [-0.2, -0.15) is 13.2 Å². The fraction of sp³-hybridized carbons (Fsp3) is 0.516. The van der Waals surface area contributed by atoms with E-state index in [4.69, 9.17) is 27.9 Å². The fourth-order valence-corrected chi connectivity index (χ4v) is 7.24. The molecule has 3 fully saturated rings. The summed E-state index contributed by atoms with van der Waals surface area (Å²) in [5, 5.41) is 0.889. The molecule has 0 unspecified atom stereocenters. The second-order valence-corrected chi connectivity index (χ2v) is 12.7. The predicted octanol–water partition coefficient (Wildman–Crippen LogP) is 7.78. The van der Waals surface area contributed by atoms with Crippen LogP contribution in [0.25, 0.3) is 11.1 Å². The Bertz CT molecular complexity index is 1350. The van der Waals surface area contributed by atoms with Crippen molar-refractivity contribution < 1.29 is 36.5 Å². The van der Waals surface area contributed by atoms with Crippen LogP contribution >= 0.6 is 36.1 Å². The molecular weight excluding hydrogens is 640 g/mol. The molecule has 2 aromatic carbocycles. The number of nitrogens with zero attached hydrogens (tertiary/aromatic N) is 2. The molecule has 0 spiro atoms. The molecule has 0 aromatic heterocycles. The maximum absolute atomic E-state index is 13.3. The Morgan fingerprint density at radius 2 is 1.50 bits per heavy atom. The highest BCUT2D eigenvalue weighted by atomic mass is 35.5. The van der Waals surface area contributed by atoms with E-state index in [1.54, 1.807) is 36.4 Å². The number of piperidine rings is 1. The highest BCUT2D eigenvalue weighted by Gasteiger charge is 2.42. The zero-order valence-corrected chi connectivity index (χ0v) is 26.2. The smallest absolute Gasteiger partial charge is 0.430 e. The molecule has 238 valence electrons. The number of amides is 2. The van der Waals surface area contributed by atoms with E-state index in [2.05, 4.69) is 17.1 Å². The van der Waals surface area contributed by atoms with Crippen molar-refractivity contribution in [2.75, 3.05) is 19.6 Å². The van der Waals surface area contributed by atoms with Crippen molar-refractivity contribution >= 4 is 54.1 Å². The van der Waals surface area contributed by atoms with E-state index in [0.29, 0.717) is 53.4 Å². The van der Waals surface area contributed by atoms with Crippen LogP contribution in [0.3, 0.4) is 0 Å². The summed E-state index contributed by atoms with van der Waals surface area (Å²) in [4.78, 5) is 40.9. The molecule has 0 bridgehead atoms. The van der Waals surface area contributed by atoms with Gasteiger partial charge >= 0.3 is 12.3 Å². The number of likely N-dealkylation sites (tertiary alicyclic amines) is 2. The van der Waals surface area contributed by atoms with Gasteiger partial charge in [-0.1, -0.05) is 35.3 Å². The summed E-state index contributed by atoms with van der Waals surface area (Å²) in [6, 6.07) is 10.5. The van der Waals surface area contributed by atoms with Crippen LogP contribution in [0.5, 0.6) is 0 Å².